The number of carbonyl (C=O) groups excluding carboxylic acids is 3. The van der Waals surface area contributed by atoms with E-state index >= 15 is 0 Å². The molecule has 1 aromatic heterocycles. The van der Waals surface area contributed by atoms with Gasteiger partial charge in [-0.3, -0.25) is 14.9 Å². The van der Waals surface area contributed by atoms with E-state index in [0.29, 0.717) is 22.3 Å². The van der Waals surface area contributed by atoms with Crippen molar-refractivity contribution in [2.45, 2.75) is 25.3 Å². The van der Waals surface area contributed by atoms with Gasteiger partial charge in [0.1, 0.15) is 12.2 Å². The number of hydrogen-bond acceptors (Lipinski definition) is 8. The van der Waals surface area contributed by atoms with E-state index in [1.165, 1.54) is 30.8 Å². The highest BCUT2D eigenvalue weighted by molar-refractivity contribution is 8.00. The van der Waals surface area contributed by atoms with Gasteiger partial charge >= 0.3 is 17.7 Å². The standard InChI is InChI=1S/C23H22N2O7S/c1-3-30-23(29)25-17-6-9-19-15(10-21(27)32-20(19)11-17)12-31-22(28)13-33-18-7-4-16(5-8-18)24-14(2)26/h4-11H,3,12-13H2,1-2H3,(H,24,26)(H,25,29). The summed E-state index contributed by atoms with van der Waals surface area (Å²) < 4.78 is 15.4. The third kappa shape index (κ3) is 7.11. The molecular formula is C23H22N2O7S. The van der Waals surface area contributed by atoms with Crippen LogP contribution in [0.3, 0.4) is 0 Å². The normalized spacial score (nSPS) is 10.5. The molecule has 9 nitrogen and oxygen atoms in total. The molecule has 3 aromatic rings. The zero-order chi connectivity index (χ0) is 23.8. The molecule has 3 rings (SSSR count). The molecule has 0 bridgehead atoms. The molecule has 0 atom stereocenters. The van der Waals surface area contributed by atoms with Crippen LogP contribution in [-0.4, -0.2) is 30.3 Å². The van der Waals surface area contributed by atoms with Crippen molar-refractivity contribution in [1.29, 1.82) is 0 Å². The second-order valence-corrected chi connectivity index (χ2v) is 7.85. The van der Waals surface area contributed by atoms with Crippen LogP contribution in [0.15, 0.2) is 62.6 Å². The van der Waals surface area contributed by atoms with Gasteiger partial charge in [-0.15, -0.1) is 11.8 Å². The Morgan fingerprint density at radius 1 is 0.970 bits per heavy atom. The van der Waals surface area contributed by atoms with E-state index in [2.05, 4.69) is 10.6 Å². The molecule has 33 heavy (non-hydrogen) atoms. The highest BCUT2D eigenvalue weighted by Gasteiger charge is 2.11. The monoisotopic (exact) mass is 470 g/mol. The highest BCUT2D eigenvalue weighted by Crippen LogP contribution is 2.23. The zero-order valence-electron chi connectivity index (χ0n) is 18.0. The van der Waals surface area contributed by atoms with Crippen molar-refractivity contribution >= 4 is 52.1 Å². The number of esters is 1. The first kappa shape index (κ1) is 23.9. The first-order chi connectivity index (χ1) is 15.8. The smallest absolute Gasteiger partial charge is 0.411 e. The minimum absolute atomic E-state index is 0.0759. The number of carbonyl (C=O) groups is 3. The Morgan fingerprint density at radius 2 is 1.70 bits per heavy atom. The molecule has 2 amide bonds. The molecule has 0 unspecified atom stereocenters. The van der Waals surface area contributed by atoms with Crippen LogP contribution in [0.25, 0.3) is 11.0 Å². The summed E-state index contributed by atoms with van der Waals surface area (Å²) in [5.41, 5.74) is 1.21. The average molecular weight is 471 g/mol. The topological polar surface area (TPSA) is 124 Å². The van der Waals surface area contributed by atoms with Crippen LogP contribution < -0.4 is 16.3 Å². The van der Waals surface area contributed by atoms with Gasteiger partial charge in [0, 0.05) is 46.3 Å². The SMILES string of the molecule is CCOC(=O)Nc1ccc2c(COC(=O)CSc3ccc(NC(C)=O)cc3)cc(=O)oc2c1. The fourth-order valence-corrected chi connectivity index (χ4v) is 3.59. The molecule has 2 N–H and O–H groups in total. The third-order valence-corrected chi connectivity index (χ3v) is 5.26. The maximum absolute atomic E-state index is 12.2. The lowest BCUT2D eigenvalue weighted by Gasteiger charge is -2.09. The summed E-state index contributed by atoms with van der Waals surface area (Å²) in [6, 6.07) is 13.1. The fraction of sp³-hybridized carbons (Fsp3) is 0.217. The van der Waals surface area contributed by atoms with Gasteiger partial charge in [-0.1, -0.05) is 0 Å². The summed E-state index contributed by atoms with van der Waals surface area (Å²) in [6.45, 7) is 3.24. The van der Waals surface area contributed by atoms with Crippen LogP contribution in [0, 0.1) is 0 Å². The van der Waals surface area contributed by atoms with Gasteiger partial charge in [-0.25, -0.2) is 9.59 Å². The van der Waals surface area contributed by atoms with Crippen molar-refractivity contribution in [1.82, 2.24) is 0 Å². The van der Waals surface area contributed by atoms with E-state index in [-0.39, 0.29) is 30.5 Å². The summed E-state index contributed by atoms with van der Waals surface area (Å²) >= 11 is 1.29. The average Bonchev–Trinajstić information content (AvgIpc) is 2.76. The molecule has 0 aliphatic heterocycles. The Hall–Kier alpha value is -3.79. The number of nitrogens with one attached hydrogen (secondary N) is 2. The first-order valence-electron chi connectivity index (χ1n) is 10.0. The summed E-state index contributed by atoms with van der Waals surface area (Å²) in [5.74, 6) is -0.534. The van der Waals surface area contributed by atoms with Crippen LogP contribution in [0.2, 0.25) is 0 Å². The van der Waals surface area contributed by atoms with E-state index in [9.17, 15) is 19.2 Å². The van der Waals surface area contributed by atoms with Crippen molar-refractivity contribution in [2.24, 2.45) is 0 Å². The number of hydrogen-bond donors (Lipinski definition) is 2. The molecule has 10 heteroatoms. The van der Waals surface area contributed by atoms with Crippen LogP contribution in [0.4, 0.5) is 16.2 Å². The Bertz CT molecular complexity index is 1220. The van der Waals surface area contributed by atoms with Gasteiger partial charge in [-0.2, -0.15) is 0 Å². The van der Waals surface area contributed by atoms with E-state index < -0.39 is 17.7 Å². The number of amides is 2. The van der Waals surface area contributed by atoms with Crippen LogP contribution in [-0.2, 0) is 25.7 Å². The molecule has 2 aromatic carbocycles. The fourth-order valence-electron chi connectivity index (χ4n) is 2.89. The molecule has 0 aliphatic carbocycles. The predicted octanol–water partition coefficient (Wildman–Crippen LogP) is 4.16. The van der Waals surface area contributed by atoms with Crippen LogP contribution in [0.5, 0.6) is 0 Å². The molecule has 0 saturated heterocycles. The summed E-state index contributed by atoms with van der Waals surface area (Å²) in [4.78, 5) is 47.6. The number of anilines is 2. The minimum atomic E-state index is -0.619. The zero-order valence-corrected chi connectivity index (χ0v) is 18.8. The van der Waals surface area contributed by atoms with Gasteiger partial charge < -0.3 is 19.2 Å². The lowest BCUT2D eigenvalue weighted by atomic mass is 10.1. The Labute approximate surface area is 193 Å². The number of thioether (sulfide) groups is 1. The summed E-state index contributed by atoms with van der Waals surface area (Å²) in [5, 5.41) is 5.79. The minimum Gasteiger partial charge on any atom is -0.460 e. The molecule has 0 aliphatic rings. The van der Waals surface area contributed by atoms with E-state index in [4.69, 9.17) is 13.9 Å². The number of rotatable bonds is 8. The van der Waals surface area contributed by atoms with Crippen LogP contribution >= 0.6 is 11.8 Å². The van der Waals surface area contributed by atoms with E-state index in [1.54, 1.807) is 43.3 Å². The molecule has 172 valence electrons. The van der Waals surface area contributed by atoms with Gasteiger partial charge in [0.2, 0.25) is 5.91 Å². The van der Waals surface area contributed by atoms with Crippen molar-refractivity contribution in [3.8, 4) is 0 Å². The van der Waals surface area contributed by atoms with Gasteiger partial charge in [0.15, 0.2) is 0 Å². The van der Waals surface area contributed by atoms with Crippen LogP contribution in [0.1, 0.15) is 19.4 Å². The number of benzene rings is 2. The highest BCUT2D eigenvalue weighted by atomic mass is 32.2. The van der Waals surface area contributed by atoms with E-state index in [1.807, 2.05) is 0 Å². The maximum atomic E-state index is 12.2. The summed E-state index contributed by atoms with van der Waals surface area (Å²) in [6.07, 6.45) is -0.619. The first-order valence-corrected chi connectivity index (χ1v) is 11.0. The van der Waals surface area contributed by atoms with Gasteiger partial charge in [-0.05, 0) is 43.3 Å². The molecule has 0 saturated carbocycles. The van der Waals surface area contributed by atoms with Gasteiger partial charge in [0.25, 0.3) is 0 Å². The Balaban J connectivity index is 1.60. The molecule has 1 heterocycles. The van der Waals surface area contributed by atoms with Gasteiger partial charge in [0.05, 0.1) is 12.4 Å². The lowest BCUT2D eigenvalue weighted by molar-refractivity contribution is -0.141. The largest absolute Gasteiger partial charge is 0.460 e. The number of fused-ring (bicyclic) bond motifs is 1. The third-order valence-electron chi connectivity index (χ3n) is 4.27. The summed E-state index contributed by atoms with van der Waals surface area (Å²) in [7, 11) is 0. The molecule has 0 spiro atoms. The van der Waals surface area contributed by atoms with Crippen molar-refractivity contribution in [2.75, 3.05) is 23.0 Å². The second kappa shape index (κ2) is 11.2. The van der Waals surface area contributed by atoms with Crippen molar-refractivity contribution in [3.63, 3.8) is 0 Å². The predicted molar refractivity (Wildman–Crippen MR) is 124 cm³/mol. The molecular weight excluding hydrogens is 448 g/mol. The molecule has 0 radical (unpaired) electrons. The molecule has 0 fully saturated rings. The lowest BCUT2D eigenvalue weighted by Crippen LogP contribution is -2.13. The Morgan fingerprint density at radius 3 is 2.39 bits per heavy atom. The second-order valence-electron chi connectivity index (χ2n) is 6.80. The quantitative estimate of drug-likeness (QED) is 0.286. The Kier molecular flexibility index (Phi) is 8.09. The number of ether oxygens (including phenoxy) is 2. The van der Waals surface area contributed by atoms with Crippen molar-refractivity contribution in [3.05, 3.63) is 64.5 Å². The van der Waals surface area contributed by atoms with E-state index in [0.717, 1.165) is 4.90 Å². The van der Waals surface area contributed by atoms with Crippen molar-refractivity contribution < 1.29 is 28.3 Å². The maximum Gasteiger partial charge on any atom is 0.411 e.